The van der Waals surface area contributed by atoms with Gasteiger partial charge in [0.1, 0.15) is 10.6 Å². The van der Waals surface area contributed by atoms with Gasteiger partial charge in [0.25, 0.3) is 5.91 Å². The van der Waals surface area contributed by atoms with E-state index in [1.54, 1.807) is 13.8 Å². The molecule has 1 N–H and O–H groups in total. The Kier molecular flexibility index (Phi) is 8.07. The molecule has 0 spiro atoms. The van der Waals surface area contributed by atoms with Gasteiger partial charge in [-0.25, -0.2) is 8.42 Å². The summed E-state index contributed by atoms with van der Waals surface area (Å²) in [5, 5.41) is 2.90. The van der Waals surface area contributed by atoms with Crippen LogP contribution in [0.25, 0.3) is 0 Å². The monoisotopic (exact) mass is 438 g/mol. The third-order valence-electron chi connectivity index (χ3n) is 4.29. The Bertz CT molecular complexity index is 957. The minimum Gasteiger partial charge on any atom is -0.491 e. The van der Waals surface area contributed by atoms with E-state index in [0.29, 0.717) is 18.8 Å². The molecule has 0 radical (unpaired) electrons. The summed E-state index contributed by atoms with van der Waals surface area (Å²) in [7, 11) is -3.77. The van der Waals surface area contributed by atoms with E-state index in [-0.39, 0.29) is 28.1 Å². The first-order chi connectivity index (χ1) is 13.7. The van der Waals surface area contributed by atoms with Crippen LogP contribution in [0.15, 0.2) is 47.4 Å². The average molecular weight is 439 g/mol. The fourth-order valence-corrected chi connectivity index (χ4v) is 4.80. The van der Waals surface area contributed by atoms with E-state index in [2.05, 4.69) is 5.32 Å². The lowest BCUT2D eigenvalue weighted by Crippen LogP contribution is -2.31. The second-order valence-corrected chi connectivity index (χ2v) is 9.01. The number of carbonyl (C=O) groups excluding carboxylic acids is 1. The number of ether oxygens (including phenoxy) is 1. The van der Waals surface area contributed by atoms with Crippen LogP contribution in [0.1, 0.15) is 43.6 Å². The van der Waals surface area contributed by atoms with Gasteiger partial charge in [-0.3, -0.25) is 4.79 Å². The lowest BCUT2D eigenvalue weighted by atomic mass is 10.1. The maximum Gasteiger partial charge on any atom is 0.251 e. The Morgan fingerprint density at radius 2 is 1.79 bits per heavy atom. The summed E-state index contributed by atoms with van der Waals surface area (Å²) < 4.78 is 32.7. The Balaban J connectivity index is 2.23. The summed E-state index contributed by atoms with van der Waals surface area (Å²) in [5.41, 5.74) is 1.06. The number of amides is 1. The smallest absolute Gasteiger partial charge is 0.251 e. The first-order valence-corrected chi connectivity index (χ1v) is 11.3. The van der Waals surface area contributed by atoms with Gasteiger partial charge in [-0.15, -0.1) is 0 Å². The molecule has 0 bridgehead atoms. The third kappa shape index (κ3) is 5.72. The number of rotatable bonds is 9. The van der Waals surface area contributed by atoms with Crippen molar-refractivity contribution in [1.29, 1.82) is 0 Å². The zero-order chi connectivity index (χ0) is 21.6. The molecule has 6 nitrogen and oxygen atoms in total. The lowest BCUT2D eigenvalue weighted by molar-refractivity contribution is 0.0950. The molecule has 0 unspecified atom stereocenters. The van der Waals surface area contributed by atoms with Crippen LogP contribution in [0, 0.1) is 0 Å². The van der Waals surface area contributed by atoms with Crippen LogP contribution in [-0.4, -0.2) is 37.8 Å². The van der Waals surface area contributed by atoms with Gasteiger partial charge in [0.05, 0.1) is 11.1 Å². The SMILES string of the molecule is CCN(CC)S(=O)(=O)c1cc(C(=O)NCc2ccccc2OC(C)C)ccc1Cl. The summed E-state index contributed by atoms with van der Waals surface area (Å²) >= 11 is 6.13. The van der Waals surface area contributed by atoms with E-state index in [4.69, 9.17) is 16.3 Å². The van der Waals surface area contributed by atoms with Gasteiger partial charge in [-0.2, -0.15) is 4.31 Å². The normalized spacial score (nSPS) is 11.7. The van der Waals surface area contributed by atoms with Gasteiger partial charge in [0.15, 0.2) is 0 Å². The number of nitrogens with zero attached hydrogens (tertiary/aromatic N) is 1. The Morgan fingerprint density at radius 1 is 1.14 bits per heavy atom. The molecule has 0 aliphatic carbocycles. The molecule has 8 heteroatoms. The average Bonchev–Trinajstić information content (AvgIpc) is 2.67. The minimum absolute atomic E-state index is 0.0101. The van der Waals surface area contributed by atoms with Crippen molar-refractivity contribution in [1.82, 2.24) is 9.62 Å². The van der Waals surface area contributed by atoms with Gasteiger partial charge in [0.2, 0.25) is 10.0 Å². The zero-order valence-electron chi connectivity index (χ0n) is 17.1. The first-order valence-electron chi connectivity index (χ1n) is 9.53. The number of hydrogen-bond donors (Lipinski definition) is 1. The third-order valence-corrected chi connectivity index (χ3v) is 6.82. The van der Waals surface area contributed by atoms with Crippen LogP contribution in [0.3, 0.4) is 0 Å². The largest absolute Gasteiger partial charge is 0.491 e. The number of nitrogens with one attached hydrogen (secondary N) is 1. The molecule has 2 rings (SSSR count). The molecule has 0 heterocycles. The van der Waals surface area contributed by atoms with Crippen LogP contribution < -0.4 is 10.1 Å². The van der Waals surface area contributed by atoms with E-state index >= 15 is 0 Å². The molecule has 1 amide bonds. The van der Waals surface area contributed by atoms with Crippen LogP contribution in [0.5, 0.6) is 5.75 Å². The van der Waals surface area contributed by atoms with Crippen LogP contribution >= 0.6 is 11.6 Å². The molecule has 0 atom stereocenters. The fraction of sp³-hybridized carbons (Fsp3) is 0.381. The molecule has 29 heavy (non-hydrogen) atoms. The molecule has 0 aromatic heterocycles. The van der Waals surface area contributed by atoms with Crippen molar-refractivity contribution in [3.63, 3.8) is 0 Å². The Labute approximate surface area is 177 Å². The standard InChI is InChI=1S/C21H27ClN2O4S/c1-5-24(6-2)29(26,27)20-13-16(11-12-18(20)22)21(25)23-14-17-9-7-8-10-19(17)28-15(3)4/h7-13,15H,5-6,14H2,1-4H3,(H,23,25). The fourth-order valence-electron chi connectivity index (χ4n) is 2.84. The zero-order valence-corrected chi connectivity index (χ0v) is 18.7. The summed E-state index contributed by atoms with van der Waals surface area (Å²) in [5.74, 6) is 0.306. The number of carbonyl (C=O) groups is 1. The van der Waals surface area contributed by atoms with Crippen LogP contribution in [-0.2, 0) is 16.6 Å². The van der Waals surface area contributed by atoms with E-state index in [1.807, 2.05) is 38.1 Å². The summed E-state index contributed by atoms with van der Waals surface area (Å²) in [6.07, 6.45) is 0.0101. The molecule has 0 aliphatic heterocycles. The van der Waals surface area contributed by atoms with Crippen molar-refractivity contribution in [2.45, 2.75) is 45.2 Å². The van der Waals surface area contributed by atoms with Gasteiger partial charge in [-0.05, 0) is 38.1 Å². The Hall–Kier alpha value is -2.09. The quantitative estimate of drug-likeness (QED) is 0.639. The van der Waals surface area contributed by atoms with Gasteiger partial charge >= 0.3 is 0 Å². The van der Waals surface area contributed by atoms with Crippen molar-refractivity contribution >= 4 is 27.5 Å². The van der Waals surface area contributed by atoms with E-state index in [9.17, 15) is 13.2 Å². The maximum absolute atomic E-state index is 12.8. The van der Waals surface area contributed by atoms with E-state index < -0.39 is 15.9 Å². The van der Waals surface area contributed by atoms with Crippen molar-refractivity contribution in [3.8, 4) is 5.75 Å². The number of sulfonamides is 1. The Morgan fingerprint density at radius 3 is 2.41 bits per heavy atom. The van der Waals surface area contributed by atoms with Crippen molar-refractivity contribution in [2.24, 2.45) is 0 Å². The summed E-state index contributed by atoms with van der Waals surface area (Å²) in [6.45, 7) is 8.26. The molecule has 0 saturated heterocycles. The predicted molar refractivity (Wildman–Crippen MR) is 115 cm³/mol. The predicted octanol–water partition coefficient (Wildman–Crippen LogP) is 4.09. The molecule has 0 fully saturated rings. The van der Waals surface area contributed by atoms with Crippen LogP contribution in [0.2, 0.25) is 5.02 Å². The van der Waals surface area contributed by atoms with Gasteiger partial charge in [-0.1, -0.05) is 43.6 Å². The second-order valence-electron chi connectivity index (χ2n) is 6.69. The summed E-state index contributed by atoms with van der Waals surface area (Å²) in [6, 6.07) is 11.7. The summed E-state index contributed by atoms with van der Waals surface area (Å²) in [4.78, 5) is 12.6. The topological polar surface area (TPSA) is 75.7 Å². The molecular weight excluding hydrogens is 412 g/mol. The van der Waals surface area contributed by atoms with Crippen molar-refractivity contribution < 1.29 is 17.9 Å². The minimum atomic E-state index is -3.77. The molecule has 158 valence electrons. The molecular formula is C21H27ClN2O4S. The highest BCUT2D eigenvalue weighted by Gasteiger charge is 2.25. The highest BCUT2D eigenvalue weighted by atomic mass is 35.5. The van der Waals surface area contributed by atoms with Crippen LogP contribution in [0.4, 0.5) is 0 Å². The molecule has 0 saturated carbocycles. The number of benzene rings is 2. The molecule has 2 aromatic carbocycles. The lowest BCUT2D eigenvalue weighted by Gasteiger charge is -2.19. The van der Waals surface area contributed by atoms with Crippen molar-refractivity contribution in [2.75, 3.05) is 13.1 Å². The van der Waals surface area contributed by atoms with E-state index in [1.165, 1.54) is 22.5 Å². The highest BCUT2D eigenvalue weighted by molar-refractivity contribution is 7.89. The molecule has 2 aromatic rings. The van der Waals surface area contributed by atoms with Gasteiger partial charge in [0, 0.05) is 30.8 Å². The number of halogens is 1. The maximum atomic E-state index is 12.8. The number of para-hydroxylation sites is 1. The molecule has 0 aliphatic rings. The van der Waals surface area contributed by atoms with Crippen molar-refractivity contribution in [3.05, 3.63) is 58.6 Å². The first kappa shape index (κ1) is 23.2. The van der Waals surface area contributed by atoms with E-state index in [0.717, 1.165) is 5.56 Å². The second kappa shape index (κ2) is 10.1. The number of hydrogen-bond acceptors (Lipinski definition) is 4. The highest BCUT2D eigenvalue weighted by Crippen LogP contribution is 2.26. The van der Waals surface area contributed by atoms with Gasteiger partial charge < -0.3 is 10.1 Å².